The van der Waals surface area contributed by atoms with Gasteiger partial charge < -0.3 is 4.74 Å². The second-order valence-corrected chi connectivity index (χ2v) is 3.66. The maximum Gasteiger partial charge on any atom is 0.306 e. The van der Waals surface area contributed by atoms with Crippen LogP contribution in [0.4, 0.5) is 0 Å². The summed E-state index contributed by atoms with van der Waals surface area (Å²) in [7, 11) is -3.54. The molecular weight excluding hydrogens is 170 g/mol. The molecule has 0 bridgehead atoms. The lowest BCUT2D eigenvalue weighted by Gasteiger charge is -1.98. The Morgan fingerprint density at radius 3 is 2.45 bits per heavy atom. The number of esters is 1. The normalized spacial score (nSPS) is 11.1. The molecule has 0 aromatic rings. The molecule has 0 heterocycles. The van der Waals surface area contributed by atoms with Crippen molar-refractivity contribution in [3.8, 4) is 0 Å². The van der Waals surface area contributed by atoms with E-state index in [-0.39, 0.29) is 18.8 Å². The lowest BCUT2D eigenvalue weighted by atomic mass is 10.5. The molecule has 5 nitrogen and oxygen atoms in total. The Labute approximate surface area is 65.6 Å². The molecule has 66 valence electrons. The van der Waals surface area contributed by atoms with Gasteiger partial charge in [0.25, 0.3) is 0 Å². The van der Waals surface area contributed by atoms with Crippen LogP contribution in [0, 0.1) is 0 Å². The van der Waals surface area contributed by atoms with Crippen molar-refractivity contribution in [2.45, 2.75) is 13.3 Å². The van der Waals surface area contributed by atoms with E-state index < -0.39 is 16.0 Å². The average molecular weight is 181 g/mol. The van der Waals surface area contributed by atoms with Crippen LogP contribution in [0.3, 0.4) is 0 Å². The highest BCUT2D eigenvalue weighted by molar-refractivity contribution is 7.89. The summed E-state index contributed by atoms with van der Waals surface area (Å²) in [5.41, 5.74) is 0. The van der Waals surface area contributed by atoms with E-state index in [1.165, 1.54) is 0 Å². The molecule has 0 amide bonds. The summed E-state index contributed by atoms with van der Waals surface area (Å²) in [6.45, 7) is 1.90. The van der Waals surface area contributed by atoms with Gasteiger partial charge in [0.1, 0.15) is 0 Å². The third-order valence-corrected chi connectivity index (χ3v) is 1.67. The first-order chi connectivity index (χ1) is 4.95. The number of hydrogen-bond acceptors (Lipinski definition) is 4. The molecule has 0 saturated heterocycles. The van der Waals surface area contributed by atoms with Crippen molar-refractivity contribution in [2.75, 3.05) is 12.4 Å². The number of nitrogens with two attached hydrogens (primary N) is 1. The van der Waals surface area contributed by atoms with Gasteiger partial charge in [-0.1, -0.05) is 0 Å². The molecule has 0 unspecified atom stereocenters. The fourth-order valence-electron chi connectivity index (χ4n) is 0.459. The number of hydrogen-bond donors (Lipinski definition) is 1. The Hall–Kier alpha value is -0.620. The lowest BCUT2D eigenvalue weighted by Crippen LogP contribution is -2.19. The number of rotatable bonds is 4. The summed E-state index contributed by atoms with van der Waals surface area (Å²) < 4.78 is 25.1. The molecule has 0 rings (SSSR count). The van der Waals surface area contributed by atoms with E-state index in [4.69, 9.17) is 0 Å². The molecule has 0 aromatic carbocycles. The van der Waals surface area contributed by atoms with E-state index >= 15 is 0 Å². The van der Waals surface area contributed by atoms with Gasteiger partial charge in [-0.05, 0) is 6.92 Å². The van der Waals surface area contributed by atoms with Gasteiger partial charge in [-0.25, -0.2) is 13.6 Å². The number of ether oxygens (including phenoxy) is 1. The molecule has 0 saturated carbocycles. The van der Waals surface area contributed by atoms with Crippen LogP contribution >= 0.6 is 0 Å². The number of carbonyl (C=O) groups is 1. The molecule has 2 N–H and O–H groups in total. The highest BCUT2D eigenvalue weighted by Gasteiger charge is 2.07. The highest BCUT2D eigenvalue weighted by atomic mass is 32.2. The maximum atomic E-state index is 10.5. The van der Waals surface area contributed by atoms with Crippen LogP contribution in [-0.4, -0.2) is 26.7 Å². The number of carbonyl (C=O) groups excluding carboxylic acids is 1. The van der Waals surface area contributed by atoms with Crippen molar-refractivity contribution >= 4 is 16.0 Å². The van der Waals surface area contributed by atoms with E-state index in [9.17, 15) is 13.2 Å². The van der Waals surface area contributed by atoms with Crippen LogP contribution in [0.2, 0.25) is 0 Å². The summed E-state index contributed by atoms with van der Waals surface area (Å²) >= 11 is 0. The molecule has 0 aliphatic rings. The third kappa shape index (κ3) is 7.27. The molecule has 0 aromatic heterocycles. The Morgan fingerprint density at radius 2 is 2.09 bits per heavy atom. The molecule has 6 heteroatoms. The second-order valence-electron chi connectivity index (χ2n) is 1.92. The van der Waals surface area contributed by atoms with Gasteiger partial charge in [-0.2, -0.15) is 0 Å². The molecular formula is C5H11NO4S. The zero-order valence-corrected chi connectivity index (χ0v) is 7.06. The minimum absolute atomic E-state index is 0.174. The summed E-state index contributed by atoms with van der Waals surface area (Å²) in [5, 5.41) is 4.64. The second kappa shape index (κ2) is 4.30. The van der Waals surface area contributed by atoms with Crippen LogP contribution in [0.25, 0.3) is 0 Å². The van der Waals surface area contributed by atoms with Gasteiger partial charge in [-0.3, -0.25) is 4.79 Å². The minimum atomic E-state index is -3.54. The van der Waals surface area contributed by atoms with Crippen LogP contribution in [0.5, 0.6) is 0 Å². The SMILES string of the molecule is CCOC(=O)CCS(N)(=O)=O. The molecule has 0 spiro atoms. The maximum absolute atomic E-state index is 10.5. The largest absolute Gasteiger partial charge is 0.466 e. The average Bonchev–Trinajstić information content (AvgIpc) is 1.83. The first-order valence-corrected chi connectivity index (χ1v) is 4.83. The van der Waals surface area contributed by atoms with Crippen molar-refractivity contribution in [1.29, 1.82) is 0 Å². The highest BCUT2D eigenvalue weighted by Crippen LogP contribution is 1.89. The van der Waals surface area contributed by atoms with Gasteiger partial charge in [0.2, 0.25) is 10.0 Å². The van der Waals surface area contributed by atoms with E-state index in [1.54, 1.807) is 6.92 Å². The minimum Gasteiger partial charge on any atom is -0.466 e. The van der Waals surface area contributed by atoms with E-state index in [1.807, 2.05) is 0 Å². The third-order valence-electron chi connectivity index (χ3n) is 0.896. The first-order valence-electron chi connectivity index (χ1n) is 3.12. The summed E-state index contributed by atoms with van der Waals surface area (Å²) in [4.78, 5) is 10.5. The van der Waals surface area contributed by atoms with Gasteiger partial charge in [0.05, 0.1) is 18.8 Å². The van der Waals surface area contributed by atoms with Crippen LogP contribution in [0.15, 0.2) is 0 Å². The van der Waals surface area contributed by atoms with E-state index in [2.05, 4.69) is 9.88 Å². The number of primary sulfonamides is 1. The van der Waals surface area contributed by atoms with Gasteiger partial charge in [0, 0.05) is 0 Å². The quantitative estimate of drug-likeness (QED) is 0.577. The van der Waals surface area contributed by atoms with Gasteiger partial charge in [-0.15, -0.1) is 0 Å². The predicted molar refractivity (Wildman–Crippen MR) is 39.2 cm³/mol. The molecule has 0 atom stereocenters. The Morgan fingerprint density at radius 1 is 1.55 bits per heavy atom. The van der Waals surface area contributed by atoms with Crippen molar-refractivity contribution in [3.05, 3.63) is 0 Å². The molecule has 0 fully saturated rings. The molecule has 11 heavy (non-hydrogen) atoms. The Balaban J connectivity index is 3.64. The van der Waals surface area contributed by atoms with Crippen molar-refractivity contribution in [2.24, 2.45) is 5.14 Å². The Kier molecular flexibility index (Phi) is 4.06. The van der Waals surface area contributed by atoms with Crippen LogP contribution in [0.1, 0.15) is 13.3 Å². The molecule has 0 radical (unpaired) electrons. The van der Waals surface area contributed by atoms with Crippen molar-refractivity contribution in [1.82, 2.24) is 0 Å². The topological polar surface area (TPSA) is 86.5 Å². The smallest absolute Gasteiger partial charge is 0.306 e. The van der Waals surface area contributed by atoms with Crippen LogP contribution in [-0.2, 0) is 19.6 Å². The fourth-order valence-corrected chi connectivity index (χ4v) is 0.910. The molecule has 0 aliphatic carbocycles. The summed E-state index contributed by atoms with van der Waals surface area (Å²) in [6, 6.07) is 0. The zero-order chi connectivity index (χ0) is 8.91. The summed E-state index contributed by atoms with van der Waals surface area (Å²) in [5.74, 6) is -0.896. The van der Waals surface area contributed by atoms with E-state index in [0.29, 0.717) is 0 Å². The standard InChI is InChI=1S/C5H11NO4S/c1-2-10-5(7)3-4-11(6,8)9/h2-4H2,1H3,(H2,6,8,9). The monoisotopic (exact) mass is 181 g/mol. The number of sulfonamides is 1. The van der Waals surface area contributed by atoms with Crippen LogP contribution < -0.4 is 5.14 Å². The fraction of sp³-hybridized carbons (Fsp3) is 0.800. The molecule has 0 aliphatic heterocycles. The lowest BCUT2D eigenvalue weighted by molar-refractivity contribution is -0.142. The Bertz CT molecular complexity index is 221. The van der Waals surface area contributed by atoms with Crippen molar-refractivity contribution < 1.29 is 17.9 Å². The summed E-state index contributed by atoms with van der Waals surface area (Å²) in [6.07, 6.45) is -0.174. The zero-order valence-electron chi connectivity index (χ0n) is 6.24. The van der Waals surface area contributed by atoms with Gasteiger partial charge in [0.15, 0.2) is 0 Å². The van der Waals surface area contributed by atoms with Crippen molar-refractivity contribution in [3.63, 3.8) is 0 Å². The van der Waals surface area contributed by atoms with Gasteiger partial charge >= 0.3 is 5.97 Å². The predicted octanol–water partition coefficient (Wildman–Crippen LogP) is -0.772. The van der Waals surface area contributed by atoms with E-state index in [0.717, 1.165) is 0 Å². The first kappa shape index (κ1) is 10.4.